The molecular formula is C12H14Cl2N2O. The average Bonchev–Trinajstić information content (AvgIpc) is 2.96. The van der Waals surface area contributed by atoms with Crippen LogP contribution in [0.25, 0.3) is 0 Å². The molecule has 0 N–H and O–H groups in total. The third-order valence-electron chi connectivity index (χ3n) is 3.18. The van der Waals surface area contributed by atoms with E-state index in [2.05, 4.69) is 11.9 Å². The smallest absolute Gasteiger partial charge is 0.255 e. The van der Waals surface area contributed by atoms with Crippen LogP contribution in [0.4, 0.5) is 0 Å². The lowest BCUT2D eigenvalue weighted by Crippen LogP contribution is -2.29. The Morgan fingerprint density at radius 3 is 2.82 bits per heavy atom. The minimum absolute atomic E-state index is 0.0987. The topological polar surface area (TPSA) is 33.2 Å². The van der Waals surface area contributed by atoms with Crippen molar-refractivity contribution in [3.63, 3.8) is 0 Å². The molecule has 2 atom stereocenters. The van der Waals surface area contributed by atoms with Gasteiger partial charge in [0.25, 0.3) is 5.91 Å². The van der Waals surface area contributed by atoms with E-state index in [1.165, 1.54) is 18.7 Å². The molecule has 0 bridgehead atoms. The van der Waals surface area contributed by atoms with Gasteiger partial charge in [0.15, 0.2) is 0 Å². The molecule has 1 aromatic rings. The van der Waals surface area contributed by atoms with Gasteiger partial charge in [0.05, 0.1) is 10.6 Å². The van der Waals surface area contributed by atoms with Crippen molar-refractivity contribution in [1.29, 1.82) is 0 Å². The summed E-state index contributed by atoms with van der Waals surface area (Å²) < 4.78 is 0. The Bertz CT molecular complexity index is 450. The highest BCUT2D eigenvalue weighted by Crippen LogP contribution is 2.38. The molecule has 2 unspecified atom stereocenters. The van der Waals surface area contributed by atoms with Crippen molar-refractivity contribution in [2.75, 3.05) is 13.6 Å². The molecule has 1 aliphatic rings. The molecule has 17 heavy (non-hydrogen) atoms. The molecular weight excluding hydrogens is 259 g/mol. The zero-order chi connectivity index (χ0) is 12.6. The zero-order valence-corrected chi connectivity index (χ0v) is 11.3. The fraction of sp³-hybridized carbons (Fsp3) is 0.500. The summed E-state index contributed by atoms with van der Waals surface area (Å²) in [5.74, 6) is 1.25. The summed E-state index contributed by atoms with van der Waals surface area (Å²) >= 11 is 11.7. The van der Waals surface area contributed by atoms with Gasteiger partial charge in [-0.2, -0.15) is 0 Å². The minimum atomic E-state index is -0.0987. The van der Waals surface area contributed by atoms with E-state index in [1.807, 2.05) is 0 Å². The van der Waals surface area contributed by atoms with Crippen LogP contribution in [-0.4, -0.2) is 29.4 Å². The number of aromatic nitrogens is 1. The lowest BCUT2D eigenvalue weighted by atomic mass is 10.2. The quantitative estimate of drug-likeness (QED) is 0.793. The van der Waals surface area contributed by atoms with Crippen LogP contribution >= 0.6 is 23.2 Å². The van der Waals surface area contributed by atoms with Crippen LogP contribution in [0.3, 0.4) is 0 Å². The Labute approximate surface area is 111 Å². The molecule has 5 heteroatoms. The van der Waals surface area contributed by atoms with E-state index in [4.69, 9.17) is 23.2 Å². The predicted octanol–water partition coefficient (Wildman–Crippen LogP) is 3.12. The monoisotopic (exact) mass is 272 g/mol. The Morgan fingerprint density at radius 1 is 1.59 bits per heavy atom. The first kappa shape index (κ1) is 12.7. The molecule has 2 rings (SSSR count). The summed E-state index contributed by atoms with van der Waals surface area (Å²) in [4.78, 5) is 17.7. The molecule has 92 valence electrons. The molecule has 0 aromatic carbocycles. The van der Waals surface area contributed by atoms with Crippen molar-refractivity contribution in [2.45, 2.75) is 13.3 Å². The summed E-state index contributed by atoms with van der Waals surface area (Å²) in [7, 11) is 1.79. The van der Waals surface area contributed by atoms with Gasteiger partial charge in [0.1, 0.15) is 5.15 Å². The number of carbonyl (C=O) groups is 1. The highest BCUT2D eigenvalue weighted by Gasteiger charge is 2.34. The van der Waals surface area contributed by atoms with Gasteiger partial charge < -0.3 is 4.90 Å². The van der Waals surface area contributed by atoms with Crippen molar-refractivity contribution < 1.29 is 4.79 Å². The van der Waals surface area contributed by atoms with Crippen LogP contribution in [0.2, 0.25) is 10.2 Å². The van der Waals surface area contributed by atoms with Gasteiger partial charge in [-0.15, -0.1) is 0 Å². The summed E-state index contributed by atoms with van der Waals surface area (Å²) in [5, 5.41) is 0.626. The molecule has 1 amide bonds. The fourth-order valence-electron chi connectivity index (χ4n) is 1.87. The third-order valence-corrected chi connectivity index (χ3v) is 3.69. The molecule has 1 fully saturated rings. The Morgan fingerprint density at radius 2 is 2.24 bits per heavy atom. The molecule has 0 saturated heterocycles. The van der Waals surface area contributed by atoms with Crippen molar-refractivity contribution in [1.82, 2.24) is 9.88 Å². The SMILES string of the molecule is CC1CC1CN(C)C(=O)c1cc(Cl)ncc1Cl. The second kappa shape index (κ2) is 4.83. The lowest BCUT2D eigenvalue weighted by Gasteiger charge is -2.17. The summed E-state index contributed by atoms with van der Waals surface area (Å²) in [6.07, 6.45) is 2.60. The van der Waals surface area contributed by atoms with E-state index in [9.17, 15) is 4.79 Å². The first-order chi connectivity index (χ1) is 7.99. The molecule has 1 aliphatic carbocycles. The van der Waals surface area contributed by atoms with E-state index < -0.39 is 0 Å². The van der Waals surface area contributed by atoms with E-state index in [-0.39, 0.29) is 11.1 Å². The van der Waals surface area contributed by atoms with Gasteiger partial charge in [-0.25, -0.2) is 4.98 Å². The molecule has 0 spiro atoms. The van der Waals surface area contributed by atoms with Gasteiger partial charge in [-0.05, 0) is 24.3 Å². The van der Waals surface area contributed by atoms with Crippen LogP contribution in [0, 0.1) is 11.8 Å². The number of hydrogen-bond acceptors (Lipinski definition) is 2. The van der Waals surface area contributed by atoms with Gasteiger partial charge in [-0.1, -0.05) is 30.1 Å². The number of nitrogens with zero attached hydrogens (tertiary/aromatic N) is 2. The Kier molecular flexibility index (Phi) is 3.59. The summed E-state index contributed by atoms with van der Waals surface area (Å²) in [6, 6.07) is 1.51. The predicted molar refractivity (Wildman–Crippen MR) is 68.5 cm³/mol. The Hall–Kier alpha value is -0.800. The van der Waals surface area contributed by atoms with Crippen LogP contribution in [0.1, 0.15) is 23.7 Å². The van der Waals surface area contributed by atoms with Gasteiger partial charge in [0.2, 0.25) is 0 Å². The van der Waals surface area contributed by atoms with Gasteiger partial charge in [-0.3, -0.25) is 4.79 Å². The number of amides is 1. The standard InChI is InChI=1S/C12H14Cl2N2O/c1-7-3-8(7)6-16(2)12(17)9-4-11(14)15-5-10(9)13/h4-5,7-8H,3,6H2,1-2H3. The number of rotatable bonds is 3. The molecule has 0 radical (unpaired) electrons. The highest BCUT2D eigenvalue weighted by atomic mass is 35.5. The van der Waals surface area contributed by atoms with E-state index in [0.29, 0.717) is 16.5 Å². The maximum Gasteiger partial charge on any atom is 0.255 e. The second-order valence-electron chi connectivity index (χ2n) is 4.65. The number of carbonyl (C=O) groups excluding carboxylic acids is 1. The van der Waals surface area contributed by atoms with Crippen LogP contribution < -0.4 is 0 Å². The van der Waals surface area contributed by atoms with Crippen LogP contribution in [0.15, 0.2) is 12.3 Å². The molecule has 1 heterocycles. The number of hydrogen-bond donors (Lipinski definition) is 0. The van der Waals surface area contributed by atoms with Gasteiger partial charge >= 0.3 is 0 Å². The van der Waals surface area contributed by atoms with Crippen molar-refractivity contribution in [3.05, 3.63) is 28.0 Å². The maximum atomic E-state index is 12.1. The van der Waals surface area contributed by atoms with Crippen LogP contribution in [0.5, 0.6) is 0 Å². The molecule has 1 saturated carbocycles. The first-order valence-electron chi connectivity index (χ1n) is 5.55. The minimum Gasteiger partial charge on any atom is -0.341 e. The second-order valence-corrected chi connectivity index (χ2v) is 5.44. The van der Waals surface area contributed by atoms with Crippen molar-refractivity contribution in [3.8, 4) is 0 Å². The zero-order valence-electron chi connectivity index (χ0n) is 9.78. The average molecular weight is 273 g/mol. The van der Waals surface area contributed by atoms with Crippen LogP contribution in [-0.2, 0) is 0 Å². The maximum absolute atomic E-state index is 12.1. The number of pyridine rings is 1. The normalized spacial score (nSPS) is 22.4. The highest BCUT2D eigenvalue weighted by molar-refractivity contribution is 6.35. The lowest BCUT2D eigenvalue weighted by molar-refractivity contribution is 0.0787. The van der Waals surface area contributed by atoms with E-state index in [1.54, 1.807) is 11.9 Å². The largest absolute Gasteiger partial charge is 0.341 e. The molecule has 3 nitrogen and oxygen atoms in total. The van der Waals surface area contributed by atoms with Crippen molar-refractivity contribution in [2.24, 2.45) is 11.8 Å². The molecule has 0 aliphatic heterocycles. The first-order valence-corrected chi connectivity index (χ1v) is 6.31. The number of halogens is 2. The van der Waals surface area contributed by atoms with Crippen molar-refractivity contribution >= 4 is 29.1 Å². The fourth-order valence-corrected chi connectivity index (χ4v) is 2.21. The van der Waals surface area contributed by atoms with E-state index in [0.717, 1.165) is 12.5 Å². The van der Waals surface area contributed by atoms with Gasteiger partial charge in [0, 0.05) is 19.8 Å². The third kappa shape index (κ3) is 2.90. The molecule has 1 aromatic heterocycles. The summed E-state index contributed by atoms with van der Waals surface area (Å²) in [6.45, 7) is 2.97. The van der Waals surface area contributed by atoms with E-state index >= 15 is 0 Å². The summed E-state index contributed by atoms with van der Waals surface area (Å²) in [5.41, 5.74) is 0.419. The Balaban J connectivity index is 2.10.